The van der Waals surface area contributed by atoms with Crippen molar-refractivity contribution in [2.75, 3.05) is 29.9 Å². The van der Waals surface area contributed by atoms with Gasteiger partial charge in [-0.2, -0.15) is 0 Å². The van der Waals surface area contributed by atoms with E-state index in [0.29, 0.717) is 18.5 Å². The summed E-state index contributed by atoms with van der Waals surface area (Å²) in [5, 5.41) is 2.04. The lowest BCUT2D eigenvalue weighted by Crippen LogP contribution is -2.33. The molecule has 4 rings (SSSR count). The quantitative estimate of drug-likeness (QED) is 0.605. The van der Waals surface area contributed by atoms with Gasteiger partial charge in [0.05, 0.1) is 11.3 Å². The molecule has 1 unspecified atom stereocenters. The van der Waals surface area contributed by atoms with E-state index in [2.05, 4.69) is 22.9 Å². The molecule has 29 heavy (non-hydrogen) atoms. The number of aryl methyl sites for hydroxylation is 1. The van der Waals surface area contributed by atoms with E-state index in [9.17, 15) is 4.79 Å². The predicted octanol–water partition coefficient (Wildman–Crippen LogP) is 4.89. The van der Waals surface area contributed by atoms with Crippen molar-refractivity contribution in [3.63, 3.8) is 0 Å². The Morgan fingerprint density at radius 3 is 2.86 bits per heavy atom. The van der Waals surface area contributed by atoms with Gasteiger partial charge in [-0.1, -0.05) is 12.1 Å². The maximum atomic E-state index is 13.3. The Balaban J connectivity index is 1.62. The van der Waals surface area contributed by atoms with Crippen molar-refractivity contribution >= 4 is 28.6 Å². The number of hydrogen-bond donors (Lipinski definition) is 0. The van der Waals surface area contributed by atoms with E-state index in [0.717, 1.165) is 34.2 Å². The minimum Gasteiger partial charge on any atom is -0.485 e. The Labute approximate surface area is 175 Å². The lowest BCUT2D eigenvalue weighted by atomic mass is 10.1. The molecule has 1 amide bonds. The van der Waals surface area contributed by atoms with Crippen molar-refractivity contribution in [3.8, 4) is 5.75 Å². The van der Waals surface area contributed by atoms with E-state index < -0.39 is 0 Å². The molecule has 0 N–H and O–H groups in total. The second-order valence-corrected chi connectivity index (χ2v) is 8.11. The van der Waals surface area contributed by atoms with Gasteiger partial charge in [-0.3, -0.25) is 9.78 Å². The topological polar surface area (TPSA) is 45.7 Å². The van der Waals surface area contributed by atoms with Gasteiger partial charge in [0.15, 0.2) is 0 Å². The smallest absolute Gasteiger partial charge is 0.262 e. The number of benzene rings is 1. The van der Waals surface area contributed by atoms with Gasteiger partial charge in [-0.05, 0) is 49.9 Å². The maximum absolute atomic E-state index is 13.3. The number of likely N-dealkylation sites (N-methyl/N-ethyl adjacent to an activating group) is 1. The third kappa shape index (κ3) is 3.98. The standard InChI is InChI=1S/C23H24N3O2S/c1-4-21(22-9-6-12-29-22)28-18-8-5-7-17(14-18)26-11-10-25(3)20-13-16(2)24-15-19(20)23(26)27/h5-9,12-15,21H,1,4,10-11H2,2-3H3. The fourth-order valence-corrected chi connectivity index (χ4v) is 4.30. The largest absolute Gasteiger partial charge is 0.485 e. The first kappa shape index (κ1) is 19.5. The van der Waals surface area contributed by atoms with Gasteiger partial charge in [0.25, 0.3) is 5.91 Å². The molecule has 0 bridgehead atoms. The number of fused-ring (bicyclic) bond motifs is 1. The molecule has 0 fully saturated rings. The molecule has 1 aliphatic rings. The van der Waals surface area contributed by atoms with Gasteiger partial charge in [-0.25, -0.2) is 0 Å². The monoisotopic (exact) mass is 406 g/mol. The van der Waals surface area contributed by atoms with E-state index in [1.165, 1.54) is 0 Å². The lowest BCUT2D eigenvalue weighted by Gasteiger charge is -2.23. The summed E-state index contributed by atoms with van der Waals surface area (Å²) in [5.41, 5.74) is 3.27. The molecule has 1 aliphatic heterocycles. The zero-order valence-electron chi connectivity index (χ0n) is 16.7. The highest BCUT2D eigenvalue weighted by Gasteiger charge is 2.27. The molecule has 0 spiro atoms. The second-order valence-electron chi connectivity index (χ2n) is 7.13. The fraction of sp³-hybridized carbons (Fsp3) is 0.261. The van der Waals surface area contributed by atoms with Crippen LogP contribution in [0.15, 0.2) is 54.0 Å². The van der Waals surface area contributed by atoms with Crippen LogP contribution in [0.25, 0.3) is 0 Å². The third-order valence-corrected chi connectivity index (χ3v) is 6.06. The number of pyridine rings is 1. The van der Waals surface area contributed by atoms with Crippen molar-refractivity contribution < 1.29 is 9.53 Å². The number of amides is 1. The van der Waals surface area contributed by atoms with E-state index in [4.69, 9.17) is 4.74 Å². The van der Waals surface area contributed by atoms with Crippen LogP contribution in [0.1, 0.15) is 33.5 Å². The van der Waals surface area contributed by atoms with E-state index in [1.54, 1.807) is 22.4 Å². The number of ether oxygens (including phenoxy) is 1. The molecular weight excluding hydrogens is 382 g/mol. The van der Waals surface area contributed by atoms with Gasteiger partial charge in [-0.15, -0.1) is 11.3 Å². The number of aromatic nitrogens is 1. The van der Waals surface area contributed by atoms with Crippen molar-refractivity contribution in [1.82, 2.24) is 4.98 Å². The van der Waals surface area contributed by atoms with Gasteiger partial charge < -0.3 is 14.5 Å². The molecule has 149 valence electrons. The van der Waals surface area contributed by atoms with E-state index in [-0.39, 0.29) is 12.0 Å². The molecule has 5 nitrogen and oxygen atoms in total. The van der Waals surface area contributed by atoms with Crippen molar-refractivity contribution in [2.45, 2.75) is 19.4 Å². The summed E-state index contributed by atoms with van der Waals surface area (Å²) in [4.78, 5) is 22.7. The molecule has 1 radical (unpaired) electrons. The number of carbonyl (C=O) groups is 1. The molecule has 1 aromatic carbocycles. The SMILES string of the molecule is [CH2]CC(Oc1cccc(N2CCN(C)c3cc(C)ncc3C2=O)c1)c1cccs1. The summed E-state index contributed by atoms with van der Waals surface area (Å²) in [6, 6.07) is 13.8. The first-order valence-corrected chi connectivity index (χ1v) is 10.5. The normalized spacial score (nSPS) is 15.1. The highest BCUT2D eigenvalue weighted by Crippen LogP contribution is 2.32. The van der Waals surface area contributed by atoms with Crippen LogP contribution in [0.4, 0.5) is 11.4 Å². The Bertz CT molecular complexity index is 1000. The van der Waals surface area contributed by atoms with Crippen LogP contribution in [0, 0.1) is 13.8 Å². The van der Waals surface area contributed by atoms with Gasteiger partial charge >= 0.3 is 0 Å². The third-order valence-electron chi connectivity index (χ3n) is 5.10. The Hall–Kier alpha value is -2.86. The molecule has 0 saturated carbocycles. The molecule has 3 heterocycles. The van der Waals surface area contributed by atoms with Crippen molar-refractivity contribution in [3.05, 3.63) is 77.1 Å². The Morgan fingerprint density at radius 2 is 2.10 bits per heavy atom. The molecule has 1 atom stereocenters. The highest BCUT2D eigenvalue weighted by molar-refractivity contribution is 7.10. The molecule has 6 heteroatoms. The van der Waals surface area contributed by atoms with Crippen molar-refractivity contribution in [2.24, 2.45) is 0 Å². The number of anilines is 2. The predicted molar refractivity (Wildman–Crippen MR) is 118 cm³/mol. The van der Waals surface area contributed by atoms with Crippen LogP contribution in [0.3, 0.4) is 0 Å². The first-order valence-electron chi connectivity index (χ1n) is 9.66. The highest BCUT2D eigenvalue weighted by atomic mass is 32.1. The minimum absolute atomic E-state index is 0.0408. The van der Waals surface area contributed by atoms with Gasteiger partial charge in [0.2, 0.25) is 0 Å². The summed E-state index contributed by atoms with van der Waals surface area (Å²) >= 11 is 1.66. The number of hydrogen-bond acceptors (Lipinski definition) is 5. The summed E-state index contributed by atoms with van der Waals surface area (Å²) in [6.45, 7) is 7.29. The summed E-state index contributed by atoms with van der Waals surface area (Å²) in [5.74, 6) is 0.693. The van der Waals surface area contributed by atoms with Crippen LogP contribution < -0.4 is 14.5 Å². The average Bonchev–Trinajstić information content (AvgIpc) is 3.23. The number of carbonyl (C=O) groups excluding carboxylic acids is 1. The first-order chi connectivity index (χ1) is 14.1. The lowest BCUT2D eigenvalue weighted by molar-refractivity contribution is 0.0990. The van der Waals surface area contributed by atoms with Crippen LogP contribution in [-0.2, 0) is 0 Å². The van der Waals surface area contributed by atoms with Crippen LogP contribution >= 0.6 is 11.3 Å². The number of rotatable bonds is 5. The summed E-state index contributed by atoms with van der Waals surface area (Å²) in [6.07, 6.45) is 2.22. The zero-order chi connectivity index (χ0) is 20.4. The molecule has 0 aliphatic carbocycles. The average molecular weight is 407 g/mol. The summed E-state index contributed by atoms with van der Waals surface area (Å²) in [7, 11) is 2.01. The maximum Gasteiger partial charge on any atom is 0.262 e. The van der Waals surface area contributed by atoms with Crippen molar-refractivity contribution in [1.29, 1.82) is 0 Å². The van der Waals surface area contributed by atoms with E-state index >= 15 is 0 Å². The van der Waals surface area contributed by atoms with E-state index in [1.807, 2.05) is 55.7 Å². The Kier molecular flexibility index (Phi) is 5.53. The molecule has 2 aromatic heterocycles. The Morgan fingerprint density at radius 1 is 1.24 bits per heavy atom. The van der Waals surface area contributed by atoms with Crippen LogP contribution in [0.5, 0.6) is 5.75 Å². The van der Waals surface area contributed by atoms with Gasteiger partial charge in [0, 0.05) is 48.7 Å². The van der Waals surface area contributed by atoms with Crippen LogP contribution in [-0.4, -0.2) is 31.0 Å². The summed E-state index contributed by atoms with van der Waals surface area (Å²) < 4.78 is 6.20. The minimum atomic E-state index is -0.0934. The zero-order valence-corrected chi connectivity index (χ0v) is 17.5. The number of thiophene rings is 1. The number of nitrogens with zero attached hydrogens (tertiary/aromatic N) is 3. The molecule has 0 saturated heterocycles. The fourth-order valence-electron chi connectivity index (χ4n) is 3.51. The molecular formula is C23H24N3O2S. The molecule has 3 aromatic rings. The second kappa shape index (κ2) is 8.25. The van der Waals surface area contributed by atoms with Crippen LogP contribution in [0.2, 0.25) is 0 Å². The van der Waals surface area contributed by atoms with Gasteiger partial charge in [0.1, 0.15) is 11.9 Å².